The van der Waals surface area contributed by atoms with Gasteiger partial charge < -0.3 is 4.74 Å². The molecule has 68 valence electrons. The zero-order valence-electron chi connectivity index (χ0n) is 7.59. The largest absolute Gasteiger partial charge is 0.374 e. The van der Waals surface area contributed by atoms with Crippen molar-refractivity contribution in [2.75, 3.05) is 6.61 Å². The highest BCUT2D eigenvalue weighted by atomic mass is 19.1. The average Bonchev–Trinajstić information content (AvgIpc) is 2.03. The average molecular weight is 170 g/mol. The SMILES string of the molecule is CC(C)OCC1=CCC(F)C=C1. The maximum Gasteiger partial charge on any atom is 0.122 e. The van der Waals surface area contributed by atoms with Gasteiger partial charge in [0.1, 0.15) is 6.17 Å². The van der Waals surface area contributed by atoms with Crippen molar-refractivity contribution in [3.05, 3.63) is 23.8 Å². The summed E-state index contributed by atoms with van der Waals surface area (Å²) in [5.41, 5.74) is 1.08. The monoisotopic (exact) mass is 170 g/mol. The quantitative estimate of drug-likeness (QED) is 0.632. The minimum absolute atomic E-state index is 0.238. The molecule has 0 saturated carbocycles. The Morgan fingerprint density at radius 3 is 2.92 bits per heavy atom. The molecule has 0 radical (unpaired) electrons. The van der Waals surface area contributed by atoms with E-state index < -0.39 is 6.17 Å². The van der Waals surface area contributed by atoms with Gasteiger partial charge in [0, 0.05) is 6.42 Å². The Kier molecular flexibility index (Phi) is 3.48. The fraction of sp³-hybridized carbons (Fsp3) is 0.600. The molecule has 0 aromatic heterocycles. The minimum atomic E-state index is -0.798. The molecule has 0 heterocycles. The zero-order valence-corrected chi connectivity index (χ0v) is 7.59. The van der Waals surface area contributed by atoms with Crippen LogP contribution in [0.25, 0.3) is 0 Å². The molecule has 0 aromatic rings. The Morgan fingerprint density at radius 1 is 1.67 bits per heavy atom. The number of allylic oxidation sites excluding steroid dienone is 2. The van der Waals surface area contributed by atoms with E-state index in [0.29, 0.717) is 13.0 Å². The highest BCUT2D eigenvalue weighted by Gasteiger charge is 2.06. The van der Waals surface area contributed by atoms with Gasteiger partial charge in [-0.15, -0.1) is 0 Å². The van der Waals surface area contributed by atoms with E-state index >= 15 is 0 Å². The summed E-state index contributed by atoms with van der Waals surface area (Å²) < 4.78 is 18.0. The first kappa shape index (κ1) is 9.46. The van der Waals surface area contributed by atoms with Crippen molar-refractivity contribution in [1.29, 1.82) is 0 Å². The third-order valence-electron chi connectivity index (χ3n) is 1.71. The Morgan fingerprint density at radius 2 is 2.42 bits per heavy atom. The summed E-state index contributed by atoms with van der Waals surface area (Å²) in [4.78, 5) is 0. The molecule has 1 unspecified atom stereocenters. The number of halogens is 1. The summed E-state index contributed by atoms with van der Waals surface area (Å²) in [5.74, 6) is 0. The third-order valence-corrected chi connectivity index (χ3v) is 1.71. The highest BCUT2D eigenvalue weighted by molar-refractivity contribution is 5.24. The Hall–Kier alpha value is -0.630. The van der Waals surface area contributed by atoms with E-state index in [2.05, 4.69) is 0 Å². The van der Waals surface area contributed by atoms with Gasteiger partial charge in [0.05, 0.1) is 12.7 Å². The van der Waals surface area contributed by atoms with Crippen molar-refractivity contribution in [1.82, 2.24) is 0 Å². The lowest BCUT2D eigenvalue weighted by atomic mass is 10.1. The van der Waals surface area contributed by atoms with Crippen molar-refractivity contribution in [3.8, 4) is 0 Å². The zero-order chi connectivity index (χ0) is 8.97. The maximum atomic E-state index is 12.6. The van der Waals surface area contributed by atoms with Crippen LogP contribution in [-0.4, -0.2) is 18.9 Å². The van der Waals surface area contributed by atoms with Gasteiger partial charge in [-0.25, -0.2) is 4.39 Å². The second-order valence-electron chi connectivity index (χ2n) is 3.25. The summed E-state index contributed by atoms with van der Waals surface area (Å²) in [5, 5.41) is 0. The normalized spacial score (nSPS) is 23.0. The molecule has 1 aliphatic rings. The van der Waals surface area contributed by atoms with Crippen LogP contribution in [0.5, 0.6) is 0 Å². The standard InChI is InChI=1S/C10H15FO/c1-8(2)12-7-9-3-5-10(11)6-4-9/h3-5,8,10H,6-7H2,1-2H3. The summed E-state index contributed by atoms with van der Waals surface area (Å²) >= 11 is 0. The van der Waals surface area contributed by atoms with E-state index in [1.165, 1.54) is 0 Å². The molecule has 1 rings (SSSR count). The molecule has 0 aromatic carbocycles. The van der Waals surface area contributed by atoms with E-state index in [4.69, 9.17) is 4.74 Å². The van der Waals surface area contributed by atoms with Gasteiger partial charge in [0.25, 0.3) is 0 Å². The van der Waals surface area contributed by atoms with Gasteiger partial charge in [0.15, 0.2) is 0 Å². The lowest BCUT2D eigenvalue weighted by molar-refractivity contribution is 0.0984. The number of ether oxygens (including phenoxy) is 1. The summed E-state index contributed by atoms with van der Waals surface area (Å²) in [6, 6.07) is 0. The van der Waals surface area contributed by atoms with Crippen molar-refractivity contribution in [3.63, 3.8) is 0 Å². The van der Waals surface area contributed by atoms with Crippen molar-refractivity contribution < 1.29 is 9.13 Å². The lowest BCUT2D eigenvalue weighted by Gasteiger charge is -2.11. The Labute approximate surface area is 72.9 Å². The van der Waals surface area contributed by atoms with E-state index in [1.54, 1.807) is 12.2 Å². The first-order valence-electron chi connectivity index (χ1n) is 4.31. The molecule has 0 aliphatic heterocycles. The van der Waals surface area contributed by atoms with Crippen LogP contribution in [0.3, 0.4) is 0 Å². The molecule has 2 heteroatoms. The first-order valence-corrected chi connectivity index (χ1v) is 4.31. The predicted octanol–water partition coefficient (Wildman–Crippen LogP) is 2.64. The van der Waals surface area contributed by atoms with Gasteiger partial charge in [-0.05, 0) is 19.4 Å². The molecule has 0 spiro atoms. The first-order chi connectivity index (χ1) is 5.68. The molecule has 0 amide bonds. The van der Waals surface area contributed by atoms with Crippen LogP contribution < -0.4 is 0 Å². The molecule has 0 saturated heterocycles. The van der Waals surface area contributed by atoms with Gasteiger partial charge in [-0.3, -0.25) is 0 Å². The van der Waals surface area contributed by atoms with E-state index in [9.17, 15) is 4.39 Å². The number of rotatable bonds is 3. The topological polar surface area (TPSA) is 9.23 Å². The van der Waals surface area contributed by atoms with Crippen LogP contribution in [0.2, 0.25) is 0 Å². The molecule has 0 N–H and O–H groups in total. The van der Waals surface area contributed by atoms with Crippen LogP contribution in [0.15, 0.2) is 23.8 Å². The van der Waals surface area contributed by atoms with E-state index in [1.807, 2.05) is 19.9 Å². The Balaban J connectivity index is 2.30. The van der Waals surface area contributed by atoms with Gasteiger partial charge >= 0.3 is 0 Å². The second-order valence-corrected chi connectivity index (χ2v) is 3.25. The molecule has 0 fully saturated rings. The fourth-order valence-electron chi connectivity index (χ4n) is 1.01. The van der Waals surface area contributed by atoms with Crippen LogP contribution in [0.1, 0.15) is 20.3 Å². The Bertz CT molecular complexity index is 194. The molecule has 1 atom stereocenters. The molecule has 0 bridgehead atoms. The molecule has 1 nitrogen and oxygen atoms in total. The third kappa shape index (κ3) is 3.18. The fourth-order valence-corrected chi connectivity index (χ4v) is 1.01. The van der Waals surface area contributed by atoms with Crippen LogP contribution in [0.4, 0.5) is 4.39 Å². The lowest BCUT2D eigenvalue weighted by Crippen LogP contribution is -2.08. The minimum Gasteiger partial charge on any atom is -0.374 e. The van der Waals surface area contributed by atoms with Crippen LogP contribution in [0, 0.1) is 0 Å². The molecule has 12 heavy (non-hydrogen) atoms. The molecular weight excluding hydrogens is 155 g/mol. The van der Waals surface area contributed by atoms with E-state index in [-0.39, 0.29) is 6.10 Å². The summed E-state index contributed by atoms with van der Waals surface area (Å²) in [6.45, 7) is 4.58. The number of alkyl halides is 1. The van der Waals surface area contributed by atoms with Crippen molar-refractivity contribution in [2.24, 2.45) is 0 Å². The summed E-state index contributed by atoms with van der Waals surface area (Å²) in [7, 11) is 0. The van der Waals surface area contributed by atoms with E-state index in [0.717, 1.165) is 5.57 Å². The smallest absolute Gasteiger partial charge is 0.122 e. The van der Waals surface area contributed by atoms with Gasteiger partial charge in [-0.2, -0.15) is 0 Å². The summed E-state index contributed by atoms with van der Waals surface area (Å²) in [6.07, 6.45) is 5.21. The van der Waals surface area contributed by atoms with Crippen molar-refractivity contribution in [2.45, 2.75) is 32.5 Å². The number of hydrogen-bond acceptors (Lipinski definition) is 1. The van der Waals surface area contributed by atoms with Crippen molar-refractivity contribution >= 4 is 0 Å². The maximum absolute atomic E-state index is 12.6. The predicted molar refractivity (Wildman–Crippen MR) is 47.8 cm³/mol. The highest BCUT2D eigenvalue weighted by Crippen LogP contribution is 2.13. The second kappa shape index (κ2) is 4.41. The van der Waals surface area contributed by atoms with Crippen LogP contribution in [-0.2, 0) is 4.74 Å². The molecular formula is C10H15FO. The van der Waals surface area contributed by atoms with Crippen LogP contribution >= 0.6 is 0 Å². The van der Waals surface area contributed by atoms with Gasteiger partial charge in [-0.1, -0.05) is 18.2 Å². The molecule has 1 aliphatic carbocycles. The van der Waals surface area contributed by atoms with Gasteiger partial charge in [0.2, 0.25) is 0 Å². The number of hydrogen-bond donors (Lipinski definition) is 0.